The van der Waals surface area contributed by atoms with Crippen LogP contribution in [0, 0.1) is 6.92 Å². The Hall–Kier alpha value is -2.32. The lowest BCUT2D eigenvalue weighted by Gasteiger charge is -2.43. The van der Waals surface area contributed by atoms with Crippen molar-refractivity contribution in [3.05, 3.63) is 41.7 Å². The van der Waals surface area contributed by atoms with Crippen molar-refractivity contribution in [2.24, 2.45) is 7.05 Å². The average Bonchev–Trinajstić information content (AvgIpc) is 3.14. The Labute approximate surface area is 165 Å². The van der Waals surface area contributed by atoms with E-state index < -0.39 is 0 Å². The van der Waals surface area contributed by atoms with Crippen molar-refractivity contribution >= 4 is 5.91 Å². The van der Waals surface area contributed by atoms with E-state index in [-0.39, 0.29) is 18.1 Å². The summed E-state index contributed by atoms with van der Waals surface area (Å²) in [5.74, 6) is -0.0427. The van der Waals surface area contributed by atoms with Crippen molar-refractivity contribution in [1.82, 2.24) is 29.5 Å². The highest BCUT2D eigenvalue weighted by molar-refractivity contribution is 5.95. The number of aromatic nitrogens is 4. The van der Waals surface area contributed by atoms with Crippen molar-refractivity contribution in [2.45, 2.75) is 38.3 Å². The molecule has 0 bridgehead atoms. The van der Waals surface area contributed by atoms with E-state index in [4.69, 9.17) is 4.74 Å². The minimum absolute atomic E-state index is 0.0427. The zero-order chi connectivity index (χ0) is 19.5. The maximum Gasteiger partial charge on any atom is 0.257 e. The van der Waals surface area contributed by atoms with Crippen LogP contribution in [0.1, 0.15) is 46.9 Å². The van der Waals surface area contributed by atoms with Crippen molar-refractivity contribution in [3.63, 3.8) is 0 Å². The third kappa shape index (κ3) is 3.93. The molecule has 150 valence electrons. The molecule has 0 radical (unpaired) electrons. The summed E-state index contributed by atoms with van der Waals surface area (Å²) in [6.07, 6.45) is 10.6. The van der Waals surface area contributed by atoms with E-state index in [0.29, 0.717) is 24.4 Å². The second-order valence-electron chi connectivity index (χ2n) is 7.68. The molecule has 2 atom stereocenters. The average molecular weight is 384 g/mol. The van der Waals surface area contributed by atoms with Gasteiger partial charge < -0.3 is 14.5 Å². The number of carbonyl (C=O) groups excluding carboxylic acids is 1. The van der Waals surface area contributed by atoms with Gasteiger partial charge in [0.15, 0.2) is 0 Å². The van der Waals surface area contributed by atoms with E-state index >= 15 is 0 Å². The van der Waals surface area contributed by atoms with E-state index in [1.54, 1.807) is 10.9 Å². The van der Waals surface area contributed by atoms with Gasteiger partial charge in [0.05, 0.1) is 36.2 Å². The molecule has 0 saturated carbocycles. The number of hydrogen-bond donors (Lipinski definition) is 0. The number of hydrogen-bond acceptors (Lipinski definition) is 6. The molecule has 0 aliphatic carbocycles. The molecule has 2 aromatic rings. The number of amides is 1. The maximum absolute atomic E-state index is 13.4. The highest BCUT2D eigenvalue weighted by Gasteiger charge is 2.39. The molecule has 0 N–H and O–H groups in total. The van der Waals surface area contributed by atoms with Crippen LogP contribution >= 0.6 is 0 Å². The van der Waals surface area contributed by atoms with Gasteiger partial charge in [0, 0.05) is 38.1 Å². The molecule has 28 heavy (non-hydrogen) atoms. The molecule has 8 heteroatoms. The number of aryl methyl sites for hydroxylation is 2. The molecule has 2 fully saturated rings. The van der Waals surface area contributed by atoms with Crippen molar-refractivity contribution in [2.75, 3.05) is 32.8 Å². The van der Waals surface area contributed by atoms with Gasteiger partial charge in [0.25, 0.3) is 5.91 Å². The number of rotatable bonds is 4. The first kappa shape index (κ1) is 19.0. The van der Waals surface area contributed by atoms with E-state index in [9.17, 15) is 4.79 Å². The Bertz CT molecular complexity index is 817. The van der Waals surface area contributed by atoms with Crippen molar-refractivity contribution in [1.29, 1.82) is 0 Å². The van der Waals surface area contributed by atoms with Crippen LogP contribution in [0.25, 0.3) is 0 Å². The lowest BCUT2D eigenvalue weighted by atomic mass is 9.98. The van der Waals surface area contributed by atoms with Gasteiger partial charge in [-0.1, -0.05) is 6.42 Å². The number of morpholine rings is 1. The normalized spacial score (nSPS) is 23.7. The summed E-state index contributed by atoms with van der Waals surface area (Å²) in [6, 6.07) is -0.170. The molecular weight excluding hydrogens is 356 g/mol. The largest absolute Gasteiger partial charge is 0.373 e. The van der Waals surface area contributed by atoms with Gasteiger partial charge >= 0.3 is 0 Å². The molecule has 0 aromatic carbocycles. The van der Waals surface area contributed by atoms with Gasteiger partial charge in [0.2, 0.25) is 0 Å². The van der Waals surface area contributed by atoms with E-state index in [1.165, 1.54) is 25.6 Å². The molecular formula is C20H28N6O2. The summed E-state index contributed by atoms with van der Waals surface area (Å²) in [6.45, 7) is 5.95. The Kier molecular flexibility index (Phi) is 5.68. The summed E-state index contributed by atoms with van der Waals surface area (Å²) in [5, 5.41) is 4.34. The second-order valence-corrected chi connectivity index (χ2v) is 7.68. The predicted octanol–water partition coefficient (Wildman–Crippen LogP) is 1.59. The van der Waals surface area contributed by atoms with Crippen molar-refractivity contribution in [3.8, 4) is 0 Å². The molecule has 2 saturated heterocycles. The van der Waals surface area contributed by atoms with Crippen LogP contribution in [0.5, 0.6) is 0 Å². The molecule has 0 unspecified atom stereocenters. The number of likely N-dealkylation sites (tertiary alicyclic amines) is 1. The summed E-state index contributed by atoms with van der Waals surface area (Å²) in [4.78, 5) is 26.0. The Morgan fingerprint density at radius 3 is 2.75 bits per heavy atom. The van der Waals surface area contributed by atoms with Gasteiger partial charge in [-0.25, -0.2) is 9.97 Å². The lowest BCUT2D eigenvalue weighted by molar-refractivity contribution is -0.0742. The van der Waals surface area contributed by atoms with E-state index in [2.05, 4.69) is 20.0 Å². The zero-order valence-corrected chi connectivity index (χ0v) is 16.6. The molecule has 4 heterocycles. The van der Waals surface area contributed by atoms with Gasteiger partial charge in [0.1, 0.15) is 6.33 Å². The minimum Gasteiger partial charge on any atom is -0.373 e. The fourth-order valence-electron chi connectivity index (χ4n) is 4.25. The molecule has 1 amide bonds. The number of piperidine rings is 1. The van der Waals surface area contributed by atoms with Gasteiger partial charge in [-0.2, -0.15) is 5.10 Å². The van der Waals surface area contributed by atoms with Crippen LogP contribution in [0.15, 0.2) is 24.9 Å². The standard InChI is InChI=1S/C20H28N6O2/c1-15-17(11-21-14-22-15)20(27)26-8-9-28-18(13-25-6-4-3-5-7-25)19(26)16-10-23-24(2)12-16/h10-12,14,18-19H,3-9,13H2,1-2H3/t18-,19-/m0/s1. The first-order valence-electron chi connectivity index (χ1n) is 10.0. The van der Waals surface area contributed by atoms with Crippen LogP contribution in [0.2, 0.25) is 0 Å². The Balaban J connectivity index is 1.63. The molecule has 0 spiro atoms. The summed E-state index contributed by atoms with van der Waals surface area (Å²) in [7, 11) is 1.90. The lowest BCUT2D eigenvalue weighted by Crippen LogP contribution is -2.52. The van der Waals surface area contributed by atoms with Crippen LogP contribution in [0.3, 0.4) is 0 Å². The Morgan fingerprint density at radius 1 is 1.21 bits per heavy atom. The molecule has 2 aliphatic heterocycles. The summed E-state index contributed by atoms with van der Waals surface area (Å²) in [5.41, 5.74) is 2.26. The Morgan fingerprint density at radius 2 is 2.04 bits per heavy atom. The van der Waals surface area contributed by atoms with Crippen LogP contribution in [-0.4, -0.2) is 74.3 Å². The minimum atomic E-state index is -0.170. The molecule has 2 aromatic heterocycles. The second kappa shape index (κ2) is 8.36. The van der Waals surface area contributed by atoms with Crippen LogP contribution < -0.4 is 0 Å². The zero-order valence-electron chi connectivity index (χ0n) is 16.6. The van der Waals surface area contributed by atoms with Gasteiger partial charge in [-0.3, -0.25) is 9.48 Å². The SMILES string of the molecule is Cc1ncncc1C(=O)N1CCO[C@@H](CN2CCCCC2)[C@@H]1c1cnn(C)c1. The molecule has 8 nitrogen and oxygen atoms in total. The number of ether oxygens (including phenoxy) is 1. The highest BCUT2D eigenvalue weighted by atomic mass is 16.5. The maximum atomic E-state index is 13.4. The predicted molar refractivity (Wildman–Crippen MR) is 104 cm³/mol. The molecule has 2 aliphatic rings. The third-order valence-electron chi connectivity index (χ3n) is 5.71. The van der Waals surface area contributed by atoms with E-state index in [1.807, 2.05) is 31.3 Å². The van der Waals surface area contributed by atoms with Crippen LogP contribution in [0.4, 0.5) is 0 Å². The third-order valence-corrected chi connectivity index (χ3v) is 5.71. The fourth-order valence-corrected chi connectivity index (χ4v) is 4.25. The highest BCUT2D eigenvalue weighted by Crippen LogP contribution is 2.32. The quantitative estimate of drug-likeness (QED) is 0.797. The van der Waals surface area contributed by atoms with Gasteiger partial charge in [-0.05, 0) is 32.9 Å². The summed E-state index contributed by atoms with van der Waals surface area (Å²) < 4.78 is 7.98. The molecule has 4 rings (SSSR count). The van der Waals surface area contributed by atoms with Gasteiger partial charge in [-0.15, -0.1) is 0 Å². The smallest absolute Gasteiger partial charge is 0.257 e. The van der Waals surface area contributed by atoms with Crippen molar-refractivity contribution < 1.29 is 9.53 Å². The number of carbonyl (C=O) groups is 1. The summed E-state index contributed by atoms with van der Waals surface area (Å²) >= 11 is 0. The first-order valence-corrected chi connectivity index (χ1v) is 10.0. The van der Waals surface area contributed by atoms with Crippen LogP contribution in [-0.2, 0) is 11.8 Å². The monoisotopic (exact) mass is 384 g/mol. The number of nitrogens with zero attached hydrogens (tertiary/aromatic N) is 6. The van der Waals surface area contributed by atoms with E-state index in [0.717, 1.165) is 25.2 Å². The topological polar surface area (TPSA) is 76.4 Å². The fraction of sp³-hybridized carbons (Fsp3) is 0.600. The first-order chi connectivity index (χ1) is 13.6.